The fraction of sp³-hybridized carbons (Fsp3) is 0.500. The molecule has 11 heteroatoms. The molecule has 3 N–H and O–H groups in total. The Morgan fingerprint density at radius 3 is 2.54 bits per heavy atom. The van der Waals surface area contributed by atoms with Gasteiger partial charge in [0, 0.05) is 42.8 Å². The van der Waals surface area contributed by atoms with Crippen molar-refractivity contribution in [1.29, 1.82) is 0 Å². The molecule has 0 radical (unpaired) electrons. The summed E-state index contributed by atoms with van der Waals surface area (Å²) in [6.45, 7) is 8.10. The van der Waals surface area contributed by atoms with Crippen LogP contribution in [0.15, 0.2) is 36.5 Å². The third-order valence-electron chi connectivity index (χ3n) is 5.73. The van der Waals surface area contributed by atoms with Gasteiger partial charge in [-0.3, -0.25) is 14.9 Å². The summed E-state index contributed by atoms with van der Waals surface area (Å²) >= 11 is 0. The van der Waals surface area contributed by atoms with E-state index in [1.807, 2.05) is 13.8 Å². The number of carbonyl (C=O) groups is 2. The van der Waals surface area contributed by atoms with Crippen molar-refractivity contribution in [2.24, 2.45) is 5.92 Å². The van der Waals surface area contributed by atoms with E-state index in [4.69, 9.17) is 9.47 Å². The maximum atomic E-state index is 13.8. The Bertz CT molecular complexity index is 1070. The highest BCUT2D eigenvalue weighted by atomic mass is 19.4. The number of carbonyl (C=O) groups excluding carboxylic acids is 2. The molecule has 0 saturated carbocycles. The average Bonchev–Trinajstić information content (AvgIpc) is 2.84. The second kappa shape index (κ2) is 12.4. The SMILES string of the molecule is CC(C)OCCOc1ccc(C2CC(=O)NC(c3cc(CNC(=O)C(C)C)ccc3C(F)(F)F)N2)cn1. The number of rotatable bonds is 10. The molecule has 8 nitrogen and oxygen atoms in total. The molecule has 1 aromatic carbocycles. The molecule has 202 valence electrons. The number of pyridine rings is 1. The molecule has 2 heterocycles. The molecule has 2 atom stereocenters. The van der Waals surface area contributed by atoms with Gasteiger partial charge >= 0.3 is 6.18 Å². The van der Waals surface area contributed by atoms with Crippen LogP contribution in [0.4, 0.5) is 13.2 Å². The van der Waals surface area contributed by atoms with Gasteiger partial charge in [-0.05, 0) is 37.1 Å². The summed E-state index contributed by atoms with van der Waals surface area (Å²) in [5.74, 6) is -0.485. The molecule has 37 heavy (non-hydrogen) atoms. The molecule has 0 bridgehead atoms. The molecule has 1 fully saturated rings. The van der Waals surface area contributed by atoms with E-state index in [1.165, 1.54) is 18.3 Å². The van der Waals surface area contributed by atoms with E-state index in [9.17, 15) is 22.8 Å². The zero-order valence-corrected chi connectivity index (χ0v) is 21.3. The molecule has 1 saturated heterocycles. The highest BCUT2D eigenvalue weighted by Crippen LogP contribution is 2.36. The lowest BCUT2D eigenvalue weighted by atomic mass is 9.96. The van der Waals surface area contributed by atoms with Gasteiger partial charge in [0.2, 0.25) is 17.7 Å². The summed E-state index contributed by atoms with van der Waals surface area (Å²) in [5.41, 5.74) is 0.134. The minimum atomic E-state index is -4.63. The number of aromatic nitrogens is 1. The zero-order valence-electron chi connectivity index (χ0n) is 21.3. The van der Waals surface area contributed by atoms with Crippen molar-refractivity contribution in [2.75, 3.05) is 13.2 Å². The van der Waals surface area contributed by atoms with Crippen LogP contribution >= 0.6 is 0 Å². The summed E-state index contributed by atoms with van der Waals surface area (Å²) in [6, 6.07) is 6.46. The van der Waals surface area contributed by atoms with Gasteiger partial charge < -0.3 is 20.1 Å². The third kappa shape index (κ3) is 8.16. The van der Waals surface area contributed by atoms with Crippen LogP contribution in [0.25, 0.3) is 0 Å². The maximum Gasteiger partial charge on any atom is 0.416 e. The number of hydrogen-bond acceptors (Lipinski definition) is 6. The fourth-order valence-corrected chi connectivity index (χ4v) is 3.81. The van der Waals surface area contributed by atoms with Gasteiger partial charge in [-0.25, -0.2) is 4.98 Å². The van der Waals surface area contributed by atoms with Gasteiger partial charge in [-0.1, -0.05) is 26.0 Å². The molecule has 1 aliphatic rings. The smallest absolute Gasteiger partial charge is 0.416 e. The Balaban J connectivity index is 1.77. The highest BCUT2D eigenvalue weighted by Gasteiger charge is 2.38. The van der Waals surface area contributed by atoms with Crippen molar-refractivity contribution in [3.05, 3.63) is 58.8 Å². The van der Waals surface area contributed by atoms with Gasteiger partial charge in [0.25, 0.3) is 0 Å². The molecule has 2 unspecified atom stereocenters. The van der Waals surface area contributed by atoms with Crippen LogP contribution < -0.4 is 20.7 Å². The number of amides is 2. The second-order valence-corrected chi connectivity index (χ2v) is 9.41. The minimum Gasteiger partial charge on any atom is -0.475 e. The van der Waals surface area contributed by atoms with Crippen molar-refractivity contribution in [1.82, 2.24) is 20.9 Å². The minimum absolute atomic E-state index is 0.0338. The van der Waals surface area contributed by atoms with E-state index in [2.05, 4.69) is 20.9 Å². The van der Waals surface area contributed by atoms with Crippen molar-refractivity contribution < 1.29 is 32.2 Å². The number of halogens is 3. The Morgan fingerprint density at radius 1 is 1.16 bits per heavy atom. The van der Waals surface area contributed by atoms with E-state index in [-0.39, 0.29) is 36.5 Å². The molecule has 3 rings (SSSR count). The normalized spacial score (nSPS) is 18.1. The van der Waals surface area contributed by atoms with Crippen molar-refractivity contribution in [3.63, 3.8) is 0 Å². The summed E-state index contributed by atoms with van der Waals surface area (Å²) < 4.78 is 52.5. The second-order valence-electron chi connectivity index (χ2n) is 9.41. The van der Waals surface area contributed by atoms with Gasteiger partial charge in [-0.15, -0.1) is 0 Å². The lowest BCUT2D eigenvalue weighted by molar-refractivity contribution is -0.139. The van der Waals surface area contributed by atoms with Gasteiger partial charge in [0.05, 0.1) is 18.3 Å². The number of nitrogens with zero attached hydrogens (tertiary/aromatic N) is 1. The van der Waals surface area contributed by atoms with E-state index in [0.717, 1.165) is 6.07 Å². The quantitative estimate of drug-likeness (QED) is 0.408. The first-order valence-electron chi connectivity index (χ1n) is 12.2. The largest absolute Gasteiger partial charge is 0.475 e. The first-order valence-corrected chi connectivity index (χ1v) is 12.2. The Morgan fingerprint density at radius 2 is 1.92 bits per heavy atom. The number of nitrogens with one attached hydrogen (secondary N) is 3. The van der Waals surface area contributed by atoms with Crippen LogP contribution in [0.2, 0.25) is 0 Å². The summed E-state index contributed by atoms with van der Waals surface area (Å²) in [5, 5.41) is 8.42. The molecule has 2 amide bonds. The fourth-order valence-electron chi connectivity index (χ4n) is 3.81. The van der Waals surface area contributed by atoms with Gasteiger partial charge in [0.1, 0.15) is 12.8 Å². The van der Waals surface area contributed by atoms with Crippen molar-refractivity contribution in [2.45, 2.75) is 65.1 Å². The number of hydrogen-bond donors (Lipinski definition) is 3. The van der Waals surface area contributed by atoms with E-state index >= 15 is 0 Å². The van der Waals surface area contributed by atoms with Gasteiger partial charge in [0.15, 0.2) is 0 Å². The molecule has 2 aromatic rings. The van der Waals surface area contributed by atoms with Crippen LogP contribution in [-0.2, 0) is 27.0 Å². The Hall–Kier alpha value is -3.18. The first kappa shape index (κ1) is 28.4. The lowest BCUT2D eigenvalue weighted by Crippen LogP contribution is -2.47. The average molecular weight is 523 g/mol. The van der Waals surface area contributed by atoms with E-state index < -0.39 is 29.9 Å². The third-order valence-corrected chi connectivity index (χ3v) is 5.73. The number of benzene rings is 1. The number of alkyl halides is 3. The van der Waals surface area contributed by atoms with Crippen molar-refractivity contribution >= 4 is 11.8 Å². The molecule has 0 aliphatic carbocycles. The highest BCUT2D eigenvalue weighted by molar-refractivity contribution is 5.78. The zero-order chi connectivity index (χ0) is 27.2. The molecular formula is C26H33F3N4O4. The first-order chi connectivity index (χ1) is 17.4. The van der Waals surface area contributed by atoms with Crippen LogP contribution in [-0.4, -0.2) is 36.1 Å². The standard InChI is InChI=1S/C26H33F3N4O4/c1-15(2)25(35)31-13-17-5-7-20(26(27,28)29)19(11-17)24-32-21(12-22(34)33-24)18-6-8-23(30-14-18)37-10-9-36-16(3)4/h5-8,11,14-16,21,24,32H,9-10,12-13H2,1-4H3,(H,31,35)(H,33,34). The monoisotopic (exact) mass is 522 g/mol. The van der Waals surface area contributed by atoms with Crippen LogP contribution in [0.1, 0.15) is 68.6 Å². The summed E-state index contributed by atoms with van der Waals surface area (Å²) in [4.78, 5) is 28.7. The topological polar surface area (TPSA) is 102 Å². The Kier molecular flexibility index (Phi) is 9.50. The maximum absolute atomic E-state index is 13.8. The summed E-state index contributed by atoms with van der Waals surface area (Å²) in [7, 11) is 0. The van der Waals surface area contributed by atoms with Crippen molar-refractivity contribution in [3.8, 4) is 5.88 Å². The summed E-state index contributed by atoms with van der Waals surface area (Å²) in [6.07, 6.45) is -4.06. The van der Waals surface area contributed by atoms with E-state index in [0.29, 0.717) is 30.2 Å². The van der Waals surface area contributed by atoms with E-state index in [1.54, 1.807) is 26.0 Å². The Labute approximate surface area is 214 Å². The van der Waals surface area contributed by atoms with Crippen LogP contribution in [0.3, 0.4) is 0 Å². The molecule has 1 aliphatic heterocycles. The lowest BCUT2D eigenvalue weighted by Gasteiger charge is -2.33. The van der Waals surface area contributed by atoms with Crippen LogP contribution in [0, 0.1) is 5.92 Å². The predicted octanol–water partition coefficient (Wildman–Crippen LogP) is 4.03. The number of ether oxygens (including phenoxy) is 2. The van der Waals surface area contributed by atoms with Gasteiger partial charge in [-0.2, -0.15) is 13.2 Å². The molecule has 0 spiro atoms. The molecular weight excluding hydrogens is 489 g/mol. The molecule has 1 aromatic heterocycles. The van der Waals surface area contributed by atoms with Crippen LogP contribution in [0.5, 0.6) is 5.88 Å². The predicted molar refractivity (Wildman–Crippen MR) is 130 cm³/mol.